The van der Waals surface area contributed by atoms with Gasteiger partial charge in [-0.2, -0.15) is 0 Å². The third kappa shape index (κ3) is 25.0. The standard InChI is InChI=1S/C76H95FN14O19/c1-10-45-31-50(110-9)23-24-52(45)46-21-19-44(20-22-46)30-57(68(103)83-56(65(78)100)32-48-35-79-28-27-53(48)51-17-13-11-15-40(51)2)84-69(104)58(33-62(98)99)85-70(105)59(38-92)86-71(106)63(42(4)93)89-74(109)76(8,34-47-16-12-14-18-54(47)77)91-72(107)64(43(5)94)88-60(95)37-81-67(102)55(25-26-61(96)97)87-73(108)75(6,7)90-66(101)41(3)29-49-36-80-39-82-49/h11-24,27-28,31,35-36,39,41-43,55-59,63-64,92-94H,10,25-26,29-30,32-34,37-38H2,1-9H3,(H2,78,100)(H,80,82)(H,81,102)(H,83,103)(H,84,104)(H,85,105)(H,86,106)(H,87,108)(H,88,95)(H,89,109)(H,90,101)(H,91,107)(H,96,97)(H,98,99)/t41-,42+,43+,55-,56-,57-,58-,59-,63-,64-,76+/m0/s1. The van der Waals surface area contributed by atoms with Crippen molar-refractivity contribution in [1.82, 2.24) is 68.1 Å². The number of primary amides is 1. The number of aromatic amines is 1. The highest BCUT2D eigenvalue weighted by molar-refractivity contribution is 6.01. The van der Waals surface area contributed by atoms with Crippen molar-refractivity contribution in [2.45, 2.75) is 172 Å². The number of aromatic nitrogens is 3. The predicted octanol–water partition coefficient (Wildman–Crippen LogP) is -0.0779. The van der Waals surface area contributed by atoms with Crippen LogP contribution >= 0.6 is 0 Å². The fourth-order valence-electron chi connectivity index (χ4n) is 11.7. The molecule has 0 aliphatic heterocycles. The Balaban J connectivity index is 1.19. The van der Waals surface area contributed by atoms with Crippen molar-refractivity contribution in [3.63, 3.8) is 0 Å². The van der Waals surface area contributed by atoms with Gasteiger partial charge in [0, 0.05) is 62.3 Å². The van der Waals surface area contributed by atoms with E-state index < -0.39 is 193 Å². The quantitative estimate of drug-likeness (QED) is 0.0239. The van der Waals surface area contributed by atoms with Gasteiger partial charge < -0.3 is 94.2 Å². The summed E-state index contributed by atoms with van der Waals surface area (Å²) in [6.07, 6.45) is -0.440. The molecule has 11 amide bonds. The average Bonchev–Trinajstić information content (AvgIpc) is 0.914. The molecular weight excluding hydrogens is 1430 g/mol. The van der Waals surface area contributed by atoms with Gasteiger partial charge in [-0.1, -0.05) is 86.6 Å². The Morgan fingerprint density at radius 2 is 1.22 bits per heavy atom. The second-order valence-corrected chi connectivity index (χ2v) is 27.3. The normalized spacial score (nSPS) is 14.5. The van der Waals surface area contributed by atoms with Gasteiger partial charge in [-0.15, -0.1) is 0 Å². The predicted molar refractivity (Wildman–Crippen MR) is 395 cm³/mol. The summed E-state index contributed by atoms with van der Waals surface area (Å²) in [6, 6.07) is 13.5. The molecule has 590 valence electrons. The van der Waals surface area contributed by atoms with E-state index in [0.29, 0.717) is 34.6 Å². The van der Waals surface area contributed by atoms with Crippen LogP contribution in [0.2, 0.25) is 0 Å². The number of carbonyl (C=O) groups excluding carboxylic acids is 11. The third-order valence-corrected chi connectivity index (χ3v) is 18.0. The Labute approximate surface area is 633 Å². The van der Waals surface area contributed by atoms with Crippen molar-refractivity contribution in [2.75, 3.05) is 20.3 Å². The van der Waals surface area contributed by atoms with Crippen LogP contribution in [0, 0.1) is 18.7 Å². The minimum absolute atomic E-state index is 0.183. The number of hydrogen-bond donors (Lipinski definition) is 17. The number of H-pyrrole nitrogens is 1. The summed E-state index contributed by atoms with van der Waals surface area (Å²) in [6.45, 7) is 8.94. The topological polar surface area (TPSA) is 520 Å². The number of amides is 11. The number of hydrogen-bond acceptors (Lipinski definition) is 19. The summed E-state index contributed by atoms with van der Waals surface area (Å²) in [4.78, 5) is 189. The molecule has 4 aromatic carbocycles. The first kappa shape index (κ1) is 86.9. The molecule has 0 saturated carbocycles. The number of carboxylic acids is 2. The van der Waals surface area contributed by atoms with E-state index in [2.05, 4.69) is 68.1 Å². The van der Waals surface area contributed by atoms with E-state index in [1.54, 1.807) is 56.6 Å². The lowest BCUT2D eigenvalue weighted by Crippen LogP contribution is -2.67. The summed E-state index contributed by atoms with van der Waals surface area (Å²) in [5.41, 5.74) is 8.18. The number of nitrogens with one attached hydrogen (secondary N) is 11. The number of imidazole rings is 1. The number of aliphatic hydroxyl groups excluding tert-OH is 3. The summed E-state index contributed by atoms with van der Waals surface area (Å²) in [5, 5.41) is 75.6. The van der Waals surface area contributed by atoms with Gasteiger partial charge in [0.25, 0.3) is 0 Å². The van der Waals surface area contributed by atoms with Crippen LogP contribution in [0.5, 0.6) is 5.75 Å². The Morgan fingerprint density at radius 1 is 0.591 bits per heavy atom. The van der Waals surface area contributed by atoms with Gasteiger partial charge in [0.15, 0.2) is 0 Å². The van der Waals surface area contributed by atoms with Crippen molar-refractivity contribution >= 4 is 76.9 Å². The largest absolute Gasteiger partial charge is 0.497 e. The van der Waals surface area contributed by atoms with E-state index in [0.717, 1.165) is 54.7 Å². The number of nitrogens with zero attached hydrogens (tertiary/aromatic N) is 2. The zero-order valence-electron chi connectivity index (χ0n) is 62.2. The molecule has 0 bridgehead atoms. The van der Waals surface area contributed by atoms with E-state index in [-0.39, 0.29) is 24.8 Å². The van der Waals surface area contributed by atoms with Crippen LogP contribution in [0.25, 0.3) is 22.3 Å². The van der Waals surface area contributed by atoms with E-state index in [1.165, 1.54) is 50.8 Å². The number of ether oxygens (including phenoxy) is 1. The SMILES string of the molecule is CCc1cc(OC)ccc1-c1ccc(C[C@H](NC(=O)[C@H](CC(=O)O)NC(=O)[C@H](CO)NC(=O)[C@@H](NC(=O)[C@@](C)(Cc2ccccc2F)NC(=O)[C@@H](NC(=O)CNC(=O)[C@H](CCC(=O)O)NC(=O)C(C)(C)NC(=O)[C@@H](C)Cc2cnc[nH]2)[C@@H](C)O)[C@@H](C)O)C(=O)N[C@@H](Cc2cnccc2-c2ccccc2C)C(N)=O)cc1. The maximum atomic E-state index is 15.5. The first-order chi connectivity index (χ1) is 52.0. The average molecular weight is 1530 g/mol. The molecule has 0 unspecified atom stereocenters. The van der Waals surface area contributed by atoms with Gasteiger partial charge in [0.05, 0.1) is 45.2 Å². The zero-order valence-corrected chi connectivity index (χ0v) is 62.2. The van der Waals surface area contributed by atoms with E-state index >= 15 is 4.39 Å². The molecule has 0 radical (unpaired) electrons. The lowest BCUT2D eigenvalue weighted by Gasteiger charge is -2.34. The molecule has 0 fully saturated rings. The molecule has 2 heterocycles. The van der Waals surface area contributed by atoms with Crippen molar-refractivity contribution in [3.8, 4) is 28.0 Å². The number of halogens is 1. The van der Waals surface area contributed by atoms with Crippen LogP contribution < -0.4 is 63.6 Å². The van der Waals surface area contributed by atoms with Crippen molar-refractivity contribution in [3.05, 3.63) is 161 Å². The fourth-order valence-corrected chi connectivity index (χ4v) is 11.7. The highest BCUT2D eigenvalue weighted by Gasteiger charge is 2.43. The molecule has 110 heavy (non-hydrogen) atoms. The van der Waals surface area contributed by atoms with E-state index in [9.17, 15) is 87.9 Å². The van der Waals surface area contributed by atoms with Crippen molar-refractivity contribution in [2.24, 2.45) is 11.7 Å². The molecule has 2 aromatic heterocycles. The summed E-state index contributed by atoms with van der Waals surface area (Å²) >= 11 is 0. The minimum Gasteiger partial charge on any atom is -0.497 e. The number of aryl methyl sites for hydroxylation is 2. The van der Waals surface area contributed by atoms with Crippen LogP contribution in [0.3, 0.4) is 0 Å². The number of benzene rings is 4. The Kier molecular flexibility index (Phi) is 31.8. The first-order valence-corrected chi connectivity index (χ1v) is 35.2. The number of nitrogens with two attached hydrogens (primary N) is 1. The van der Waals surface area contributed by atoms with Gasteiger partial charge in [0.2, 0.25) is 65.0 Å². The number of methoxy groups -OCH3 is 1. The van der Waals surface area contributed by atoms with Crippen LogP contribution in [0.4, 0.5) is 4.39 Å². The highest BCUT2D eigenvalue weighted by Crippen LogP contribution is 2.30. The smallest absolute Gasteiger partial charge is 0.305 e. The summed E-state index contributed by atoms with van der Waals surface area (Å²) < 4.78 is 20.9. The number of carboxylic acid groups (broad SMARTS) is 2. The number of carbonyl (C=O) groups is 13. The molecule has 11 atom stereocenters. The second kappa shape index (κ2) is 40.2. The maximum Gasteiger partial charge on any atom is 0.305 e. The van der Waals surface area contributed by atoms with Crippen LogP contribution in [-0.2, 0) is 94.4 Å². The third-order valence-electron chi connectivity index (χ3n) is 18.0. The van der Waals surface area contributed by atoms with Gasteiger partial charge in [-0.3, -0.25) is 67.3 Å². The molecule has 6 aromatic rings. The summed E-state index contributed by atoms with van der Waals surface area (Å²) in [7, 11) is 1.54. The Morgan fingerprint density at radius 3 is 1.83 bits per heavy atom. The second-order valence-electron chi connectivity index (χ2n) is 27.3. The van der Waals surface area contributed by atoms with Crippen LogP contribution in [-0.4, -0.2) is 203 Å². The molecule has 33 nitrogen and oxygen atoms in total. The van der Waals surface area contributed by atoms with E-state index in [4.69, 9.17) is 10.5 Å². The fraction of sp³-hybridized carbons (Fsp3) is 0.408. The van der Waals surface area contributed by atoms with Gasteiger partial charge >= 0.3 is 11.9 Å². The number of aliphatic hydroxyl groups is 3. The molecule has 0 saturated heterocycles. The van der Waals surface area contributed by atoms with E-state index in [1.807, 2.05) is 50.2 Å². The van der Waals surface area contributed by atoms with Crippen LogP contribution in [0.1, 0.15) is 101 Å². The highest BCUT2D eigenvalue weighted by atomic mass is 19.1. The molecule has 18 N–H and O–H groups in total. The van der Waals surface area contributed by atoms with Gasteiger partial charge in [0.1, 0.15) is 64.9 Å². The molecule has 34 heteroatoms. The number of rotatable bonds is 41. The zero-order chi connectivity index (χ0) is 81.3. The Bertz CT molecular complexity index is 4290. The lowest BCUT2D eigenvalue weighted by molar-refractivity contribution is -0.142. The van der Waals surface area contributed by atoms with Gasteiger partial charge in [-0.05, 0) is 129 Å². The van der Waals surface area contributed by atoms with Crippen molar-refractivity contribution < 1.29 is 97.0 Å². The minimum atomic E-state index is -2.43. The monoisotopic (exact) mass is 1530 g/mol. The first-order valence-electron chi connectivity index (χ1n) is 35.2. The molecular formula is C76H95FN14O19. The number of pyridine rings is 1. The molecule has 0 spiro atoms. The maximum absolute atomic E-state index is 15.5. The molecule has 0 aliphatic rings. The molecule has 6 rings (SSSR count). The summed E-state index contributed by atoms with van der Waals surface area (Å²) in [5.74, 6) is -16.5. The lowest BCUT2D eigenvalue weighted by atomic mass is 9.90. The Hall–Kier alpha value is -12.0. The van der Waals surface area contributed by atoms with Crippen LogP contribution in [0.15, 0.2) is 122 Å². The molecule has 0 aliphatic carbocycles. The van der Waals surface area contributed by atoms with Gasteiger partial charge in [-0.25, -0.2) is 9.37 Å². The number of aliphatic carboxylic acids is 2. The van der Waals surface area contributed by atoms with Crippen molar-refractivity contribution in [1.29, 1.82) is 0 Å².